The highest BCUT2D eigenvalue weighted by Gasteiger charge is 2.31. The Balaban J connectivity index is 1.20. The van der Waals surface area contributed by atoms with Gasteiger partial charge in [0.2, 0.25) is 0 Å². The topological polar surface area (TPSA) is 18.5 Å². The minimum atomic E-state index is -0.195. The summed E-state index contributed by atoms with van der Waals surface area (Å²) in [6.45, 7) is 5.08. The molecule has 3 heteroatoms. The van der Waals surface area contributed by atoms with E-state index < -0.39 is 0 Å². The van der Waals surface area contributed by atoms with Crippen molar-refractivity contribution < 1.29 is 13.9 Å². The lowest BCUT2D eigenvalue weighted by Gasteiger charge is -2.38. The van der Waals surface area contributed by atoms with E-state index >= 15 is 0 Å². The van der Waals surface area contributed by atoms with Gasteiger partial charge in [0.25, 0.3) is 0 Å². The van der Waals surface area contributed by atoms with Crippen LogP contribution in [-0.4, -0.2) is 18.8 Å². The van der Waals surface area contributed by atoms with Crippen LogP contribution in [0.5, 0.6) is 5.75 Å². The number of hydrogen-bond donors (Lipinski definition) is 0. The Morgan fingerprint density at radius 3 is 2.30 bits per heavy atom. The predicted octanol–water partition coefficient (Wildman–Crippen LogP) is 7.26. The van der Waals surface area contributed by atoms with Gasteiger partial charge in [-0.05, 0) is 92.7 Å². The first-order valence-electron chi connectivity index (χ1n) is 12.8. The molecule has 1 heterocycles. The molecule has 0 spiro atoms. The van der Waals surface area contributed by atoms with Crippen molar-refractivity contribution in [2.24, 2.45) is 17.8 Å². The summed E-state index contributed by atoms with van der Waals surface area (Å²) in [5, 5.41) is 0. The lowest BCUT2D eigenvalue weighted by atomic mass is 9.70. The molecule has 3 aliphatic rings. The standard InChI is InChI=1S/C27H41FO2/c1-3-5-20-16-23-12-15-25(30-27(23)26(28)17-20)18-29-24-13-10-22(11-14-24)21-8-6-19(4-2)7-9-21/h16-17,19,21-22,24-25H,3-15,18H2,1-2H3. The lowest BCUT2D eigenvalue weighted by Crippen LogP contribution is -2.33. The van der Waals surface area contributed by atoms with E-state index in [0.29, 0.717) is 18.5 Å². The molecule has 0 bridgehead atoms. The third-order valence-electron chi connectivity index (χ3n) is 8.11. The van der Waals surface area contributed by atoms with Crippen molar-refractivity contribution in [3.05, 3.63) is 29.1 Å². The first-order valence-corrected chi connectivity index (χ1v) is 12.8. The minimum Gasteiger partial charge on any atom is -0.485 e. The molecule has 1 unspecified atom stereocenters. The maximum absolute atomic E-state index is 14.5. The fraction of sp³-hybridized carbons (Fsp3) is 0.778. The summed E-state index contributed by atoms with van der Waals surface area (Å²) in [7, 11) is 0. The van der Waals surface area contributed by atoms with Crippen molar-refractivity contribution in [2.75, 3.05) is 6.61 Å². The molecule has 2 aliphatic carbocycles. The van der Waals surface area contributed by atoms with Crippen molar-refractivity contribution in [1.29, 1.82) is 0 Å². The number of aryl methyl sites for hydroxylation is 2. The molecular weight excluding hydrogens is 375 g/mol. The Hall–Kier alpha value is -1.09. The summed E-state index contributed by atoms with van der Waals surface area (Å²) in [6.07, 6.45) is 16.4. The number of ether oxygens (including phenoxy) is 2. The number of hydrogen-bond acceptors (Lipinski definition) is 2. The summed E-state index contributed by atoms with van der Waals surface area (Å²) in [4.78, 5) is 0. The second-order valence-corrected chi connectivity index (χ2v) is 10.2. The maximum atomic E-state index is 14.5. The third-order valence-corrected chi connectivity index (χ3v) is 8.11. The SMILES string of the molecule is CCCc1cc(F)c2c(c1)CCC(COC1CCC(C3CCC(CC)CC3)CC1)O2. The maximum Gasteiger partial charge on any atom is 0.165 e. The quantitative estimate of drug-likeness (QED) is 0.465. The van der Waals surface area contributed by atoms with Gasteiger partial charge in [0.05, 0.1) is 12.7 Å². The van der Waals surface area contributed by atoms with E-state index in [9.17, 15) is 4.39 Å². The van der Waals surface area contributed by atoms with E-state index in [0.717, 1.165) is 54.6 Å². The van der Waals surface area contributed by atoms with Crippen LogP contribution in [0.1, 0.15) is 95.6 Å². The van der Waals surface area contributed by atoms with Crippen molar-refractivity contribution in [2.45, 2.75) is 110 Å². The Bertz CT molecular complexity index is 672. The smallest absolute Gasteiger partial charge is 0.165 e. The molecule has 0 radical (unpaired) electrons. The van der Waals surface area contributed by atoms with Crippen LogP contribution in [0, 0.1) is 23.6 Å². The van der Waals surface area contributed by atoms with Gasteiger partial charge in [-0.2, -0.15) is 0 Å². The van der Waals surface area contributed by atoms with Gasteiger partial charge in [-0.1, -0.05) is 45.6 Å². The van der Waals surface area contributed by atoms with Crippen molar-refractivity contribution in [3.8, 4) is 5.75 Å². The summed E-state index contributed by atoms with van der Waals surface area (Å²) in [6, 6.07) is 3.79. The number of rotatable bonds is 7. The van der Waals surface area contributed by atoms with Gasteiger partial charge in [-0.15, -0.1) is 0 Å². The molecule has 1 aromatic rings. The monoisotopic (exact) mass is 416 g/mol. The zero-order chi connectivity index (χ0) is 20.9. The second-order valence-electron chi connectivity index (χ2n) is 10.2. The Morgan fingerprint density at radius 1 is 0.933 bits per heavy atom. The summed E-state index contributed by atoms with van der Waals surface area (Å²) >= 11 is 0. The summed E-state index contributed by atoms with van der Waals surface area (Å²) in [5.74, 6) is 3.16. The number of benzene rings is 1. The molecule has 0 saturated heterocycles. The number of fused-ring (bicyclic) bond motifs is 1. The van der Waals surface area contributed by atoms with E-state index in [4.69, 9.17) is 9.47 Å². The molecule has 4 rings (SSSR count). The highest BCUT2D eigenvalue weighted by molar-refractivity contribution is 5.40. The van der Waals surface area contributed by atoms with E-state index in [1.54, 1.807) is 6.07 Å². The molecule has 0 N–H and O–H groups in total. The molecule has 2 nitrogen and oxygen atoms in total. The molecule has 1 aromatic carbocycles. The van der Waals surface area contributed by atoms with Crippen LogP contribution in [0.4, 0.5) is 4.39 Å². The fourth-order valence-electron chi connectivity index (χ4n) is 6.16. The molecule has 30 heavy (non-hydrogen) atoms. The molecule has 1 atom stereocenters. The van der Waals surface area contributed by atoms with Gasteiger partial charge >= 0.3 is 0 Å². The zero-order valence-electron chi connectivity index (χ0n) is 19.1. The fourth-order valence-corrected chi connectivity index (χ4v) is 6.16. The minimum absolute atomic E-state index is 0.00827. The van der Waals surface area contributed by atoms with Gasteiger partial charge in [-0.25, -0.2) is 4.39 Å². The van der Waals surface area contributed by atoms with Gasteiger partial charge < -0.3 is 9.47 Å². The van der Waals surface area contributed by atoms with E-state index in [2.05, 4.69) is 19.9 Å². The first-order chi connectivity index (χ1) is 14.7. The normalized spacial score (nSPS) is 31.8. The van der Waals surface area contributed by atoms with Crippen LogP contribution in [-0.2, 0) is 17.6 Å². The molecule has 168 valence electrons. The van der Waals surface area contributed by atoms with Crippen LogP contribution in [0.3, 0.4) is 0 Å². The van der Waals surface area contributed by atoms with E-state index in [1.165, 1.54) is 57.8 Å². The zero-order valence-corrected chi connectivity index (χ0v) is 19.1. The molecule has 0 aromatic heterocycles. The van der Waals surface area contributed by atoms with Crippen molar-refractivity contribution in [3.63, 3.8) is 0 Å². The third kappa shape index (κ3) is 5.39. The molecule has 0 amide bonds. The van der Waals surface area contributed by atoms with E-state index in [-0.39, 0.29) is 11.9 Å². The van der Waals surface area contributed by atoms with Crippen molar-refractivity contribution >= 4 is 0 Å². The first kappa shape index (κ1) is 22.1. The Labute approximate surface area is 182 Å². The summed E-state index contributed by atoms with van der Waals surface area (Å²) in [5.41, 5.74) is 2.12. The van der Waals surface area contributed by atoms with Crippen LogP contribution in [0.15, 0.2) is 12.1 Å². The molecule has 2 fully saturated rings. The van der Waals surface area contributed by atoms with Gasteiger partial charge in [0.15, 0.2) is 11.6 Å². The average molecular weight is 417 g/mol. The second kappa shape index (κ2) is 10.5. The predicted molar refractivity (Wildman–Crippen MR) is 121 cm³/mol. The largest absolute Gasteiger partial charge is 0.485 e. The summed E-state index contributed by atoms with van der Waals surface area (Å²) < 4.78 is 26.8. The van der Waals surface area contributed by atoms with Gasteiger partial charge in [-0.3, -0.25) is 0 Å². The Morgan fingerprint density at radius 2 is 1.63 bits per heavy atom. The van der Waals surface area contributed by atoms with Crippen molar-refractivity contribution in [1.82, 2.24) is 0 Å². The van der Waals surface area contributed by atoms with Crippen LogP contribution in [0.2, 0.25) is 0 Å². The van der Waals surface area contributed by atoms with Gasteiger partial charge in [0.1, 0.15) is 6.10 Å². The highest BCUT2D eigenvalue weighted by atomic mass is 19.1. The van der Waals surface area contributed by atoms with E-state index in [1.807, 2.05) is 0 Å². The lowest BCUT2D eigenvalue weighted by molar-refractivity contribution is -0.0331. The number of halogens is 1. The highest BCUT2D eigenvalue weighted by Crippen LogP contribution is 2.41. The van der Waals surface area contributed by atoms with Crippen LogP contribution < -0.4 is 4.74 Å². The average Bonchev–Trinajstić information content (AvgIpc) is 2.78. The molecular formula is C27H41FO2. The Kier molecular flexibility index (Phi) is 7.73. The van der Waals surface area contributed by atoms with Crippen LogP contribution >= 0.6 is 0 Å². The van der Waals surface area contributed by atoms with Crippen LogP contribution in [0.25, 0.3) is 0 Å². The van der Waals surface area contributed by atoms with Gasteiger partial charge in [0, 0.05) is 0 Å². The molecule has 2 saturated carbocycles. The molecule has 1 aliphatic heterocycles.